The van der Waals surface area contributed by atoms with Gasteiger partial charge in [-0.05, 0) is 31.5 Å². The number of carbonyl (C=O) groups is 2. The van der Waals surface area contributed by atoms with Gasteiger partial charge in [0.15, 0.2) is 5.78 Å². The summed E-state index contributed by atoms with van der Waals surface area (Å²) in [6.07, 6.45) is 0.613. The van der Waals surface area contributed by atoms with Gasteiger partial charge < -0.3 is 10.6 Å². The number of Topliss-reactive ketones (excluding diaryl/α,β-unsaturated/α-hetero) is 1. The molecule has 0 saturated heterocycles. The molecule has 90 valence electrons. The second-order valence-electron chi connectivity index (χ2n) is 4.30. The second kappa shape index (κ2) is 4.67. The molecule has 17 heavy (non-hydrogen) atoms. The van der Waals surface area contributed by atoms with E-state index in [0.717, 1.165) is 11.1 Å². The van der Waals surface area contributed by atoms with E-state index < -0.39 is 6.04 Å². The van der Waals surface area contributed by atoms with E-state index in [0.29, 0.717) is 6.42 Å². The van der Waals surface area contributed by atoms with Crippen molar-refractivity contribution in [3.8, 4) is 0 Å². The van der Waals surface area contributed by atoms with Crippen molar-refractivity contribution in [1.82, 2.24) is 10.6 Å². The van der Waals surface area contributed by atoms with Gasteiger partial charge in [0.05, 0.1) is 6.04 Å². The van der Waals surface area contributed by atoms with Crippen LogP contribution in [0, 0.1) is 0 Å². The molecule has 1 aromatic carbocycles. The number of rotatable bonds is 2. The molecular weight excluding hydrogens is 216 g/mol. The number of ketones is 1. The Balaban J connectivity index is 2.46. The van der Waals surface area contributed by atoms with Gasteiger partial charge in [-0.1, -0.05) is 24.3 Å². The maximum Gasteiger partial charge on any atom is 0.238 e. The molecule has 1 aromatic rings. The third-order valence-electron chi connectivity index (χ3n) is 3.15. The van der Waals surface area contributed by atoms with Crippen molar-refractivity contribution in [2.24, 2.45) is 0 Å². The highest BCUT2D eigenvalue weighted by atomic mass is 16.2. The molecular formula is C13H16N2O2. The summed E-state index contributed by atoms with van der Waals surface area (Å²) in [5, 5.41) is 5.76. The van der Waals surface area contributed by atoms with Gasteiger partial charge in [-0.3, -0.25) is 9.59 Å². The summed E-state index contributed by atoms with van der Waals surface area (Å²) in [6.45, 7) is 1.50. The van der Waals surface area contributed by atoms with Crippen LogP contribution in [0.15, 0.2) is 24.3 Å². The van der Waals surface area contributed by atoms with Crippen LogP contribution in [0.1, 0.15) is 24.1 Å². The van der Waals surface area contributed by atoms with Gasteiger partial charge in [-0.25, -0.2) is 0 Å². The third kappa shape index (κ3) is 2.22. The molecule has 0 aromatic heterocycles. The minimum Gasteiger partial charge on any atom is -0.341 e. The average molecular weight is 232 g/mol. The van der Waals surface area contributed by atoms with Crippen LogP contribution in [0.3, 0.4) is 0 Å². The largest absolute Gasteiger partial charge is 0.341 e. The van der Waals surface area contributed by atoms with Gasteiger partial charge in [-0.15, -0.1) is 0 Å². The summed E-state index contributed by atoms with van der Waals surface area (Å²) in [4.78, 5) is 23.5. The van der Waals surface area contributed by atoms with Crippen molar-refractivity contribution < 1.29 is 9.59 Å². The number of benzene rings is 1. The molecule has 4 heteroatoms. The molecule has 0 fully saturated rings. The lowest BCUT2D eigenvalue weighted by Gasteiger charge is -2.15. The molecule has 1 amide bonds. The fraction of sp³-hybridized carbons (Fsp3) is 0.385. The fourth-order valence-electron chi connectivity index (χ4n) is 2.19. The lowest BCUT2D eigenvalue weighted by Crippen LogP contribution is -2.44. The normalized spacial score (nSPS) is 23.5. The first-order valence-corrected chi connectivity index (χ1v) is 5.69. The van der Waals surface area contributed by atoms with E-state index in [-0.39, 0.29) is 17.7 Å². The van der Waals surface area contributed by atoms with Gasteiger partial charge in [0.2, 0.25) is 5.91 Å². The smallest absolute Gasteiger partial charge is 0.238 e. The Kier molecular flexibility index (Phi) is 3.24. The van der Waals surface area contributed by atoms with Crippen LogP contribution >= 0.6 is 0 Å². The molecule has 4 nitrogen and oxygen atoms in total. The molecule has 1 heterocycles. The number of fused-ring (bicyclic) bond motifs is 1. The van der Waals surface area contributed by atoms with Crippen LogP contribution < -0.4 is 10.6 Å². The van der Waals surface area contributed by atoms with E-state index in [1.807, 2.05) is 24.3 Å². The minimum atomic E-state index is -0.517. The summed E-state index contributed by atoms with van der Waals surface area (Å²) < 4.78 is 0. The van der Waals surface area contributed by atoms with Crippen molar-refractivity contribution in [2.45, 2.75) is 25.4 Å². The lowest BCUT2D eigenvalue weighted by atomic mass is 9.96. The van der Waals surface area contributed by atoms with E-state index in [4.69, 9.17) is 0 Å². The molecule has 1 aliphatic rings. The summed E-state index contributed by atoms with van der Waals surface area (Å²) in [7, 11) is 1.75. The highest BCUT2D eigenvalue weighted by Crippen LogP contribution is 2.23. The van der Waals surface area contributed by atoms with E-state index in [1.54, 1.807) is 7.05 Å². The zero-order valence-electron chi connectivity index (χ0n) is 9.99. The van der Waals surface area contributed by atoms with Gasteiger partial charge in [0.25, 0.3) is 0 Å². The van der Waals surface area contributed by atoms with Crippen LogP contribution in [0.5, 0.6) is 0 Å². The van der Waals surface area contributed by atoms with E-state index in [2.05, 4.69) is 10.6 Å². The van der Waals surface area contributed by atoms with Gasteiger partial charge in [0, 0.05) is 0 Å². The second-order valence-corrected chi connectivity index (χ2v) is 4.30. The van der Waals surface area contributed by atoms with Gasteiger partial charge >= 0.3 is 0 Å². The standard InChI is InChI=1S/C13H16N2O2/c1-8(16)12-10-6-4-3-5-9(10)7-11(14-2)13(17)15-12/h3-6,11-12,14H,7H2,1-2H3,(H,15,17). The maximum atomic E-state index is 11.9. The topological polar surface area (TPSA) is 58.2 Å². The first-order chi connectivity index (χ1) is 8.13. The van der Waals surface area contributed by atoms with E-state index >= 15 is 0 Å². The zero-order valence-corrected chi connectivity index (χ0v) is 9.99. The number of carbonyl (C=O) groups excluding carboxylic acids is 2. The Hall–Kier alpha value is -1.68. The summed E-state index contributed by atoms with van der Waals surface area (Å²) in [5.41, 5.74) is 1.96. The Morgan fingerprint density at radius 1 is 1.41 bits per heavy atom. The van der Waals surface area contributed by atoms with Crippen LogP contribution in [0.25, 0.3) is 0 Å². The average Bonchev–Trinajstić information content (AvgIpc) is 2.46. The summed E-state index contributed by atoms with van der Waals surface area (Å²) in [5.74, 6) is -0.161. The number of hydrogen-bond acceptors (Lipinski definition) is 3. The van der Waals surface area contributed by atoms with Gasteiger partial charge in [-0.2, -0.15) is 0 Å². The molecule has 0 spiro atoms. The molecule has 2 unspecified atom stereocenters. The maximum absolute atomic E-state index is 11.9. The van der Waals surface area contributed by atoms with Crippen molar-refractivity contribution in [1.29, 1.82) is 0 Å². The first kappa shape index (κ1) is 11.8. The quantitative estimate of drug-likeness (QED) is 0.784. The van der Waals surface area contributed by atoms with Crippen molar-refractivity contribution in [3.05, 3.63) is 35.4 Å². The number of amides is 1. The number of likely N-dealkylation sites (N-methyl/N-ethyl adjacent to an activating group) is 1. The summed E-state index contributed by atoms with van der Waals surface area (Å²) >= 11 is 0. The molecule has 2 rings (SSSR count). The van der Waals surface area contributed by atoms with Gasteiger partial charge in [0.1, 0.15) is 6.04 Å². The SMILES string of the molecule is CNC1Cc2ccccc2C(C(C)=O)NC1=O. The molecule has 1 aliphatic heterocycles. The molecule has 0 aliphatic carbocycles. The Morgan fingerprint density at radius 3 is 2.76 bits per heavy atom. The zero-order chi connectivity index (χ0) is 12.4. The Bertz CT molecular complexity index is 456. The Labute approximate surface area is 100 Å². The molecule has 0 bridgehead atoms. The molecule has 2 N–H and O–H groups in total. The van der Waals surface area contributed by atoms with Crippen molar-refractivity contribution >= 4 is 11.7 Å². The number of nitrogens with one attached hydrogen (secondary N) is 2. The monoisotopic (exact) mass is 232 g/mol. The molecule has 0 radical (unpaired) electrons. The Morgan fingerprint density at radius 2 is 2.12 bits per heavy atom. The number of hydrogen-bond donors (Lipinski definition) is 2. The minimum absolute atomic E-state index is 0.0393. The highest BCUT2D eigenvalue weighted by Gasteiger charge is 2.30. The van der Waals surface area contributed by atoms with Crippen LogP contribution in [-0.4, -0.2) is 24.8 Å². The molecule has 0 saturated carbocycles. The van der Waals surface area contributed by atoms with Crippen molar-refractivity contribution in [2.75, 3.05) is 7.05 Å². The predicted molar refractivity (Wildman–Crippen MR) is 64.6 cm³/mol. The first-order valence-electron chi connectivity index (χ1n) is 5.69. The van der Waals surface area contributed by atoms with E-state index in [9.17, 15) is 9.59 Å². The van der Waals surface area contributed by atoms with Crippen LogP contribution in [0.2, 0.25) is 0 Å². The van der Waals surface area contributed by atoms with E-state index in [1.165, 1.54) is 6.92 Å². The highest BCUT2D eigenvalue weighted by molar-refractivity contribution is 5.92. The predicted octanol–water partition coefficient (Wildman–Crippen LogP) is 0.577. The lowest BCUT2D eigenvalue weighted by molar-refractivity contribution is -0.127. The third-order valence-corrected chi connectivity index (χ3v) is 3.15. The molecule has 2 atom stereocenters. The summed E-state index contributed by atoms with van der Waals surface area (Å²) in [6, 6.07) is 6.90. The fourth-order valence-corrected chi connectivity index (χ4v) is 2.19. The van der Waals surface area contributed by atoms with Crippen molar-refractivity contribution in [3.63, 3.8) is 0 Å². The van der Waals surface area contributed by atoms with Crippen LogP contribution in [0.4, 0.5) is 0 Å². The van der Waals surface area contributed by atoms with Crippen LogP contribution in [-0.2, 0) is 16.0 Å².